The maximum atomic E-state index is 10.9. The third kappa shape index (κ3) is 8.35. The summed E-state index contributed by atoms with van der Waals surface area (Å²) in [5.74, 6) is -2.16. The molecule has 2 aromatic rings. The van der Waals surface area contributed by atoms with E-state index in [0.29, 0.717) is 26.2 Å². The van der Waals surface area contributed by atoms with Crippen LogP contribution in [0.25, 0.3) is 0 Å². The first-order valence-corrected chi connectivity index (χ1v) is 9.26. The highest BCUT2D eigenvalue weighted by molar-refractivity contribution is 5.86. The zero-order valence-corrected chi connectivity index (χ0v) is 20.3. The van der Waals surface area contributed by atoms with E-state index in [2.05, 4.69) is 20.6 Å². The lowest BCUT2D eigenvalue weighted by molar-refractivity contribution is -0.142. The topological polar surface area (TPSA) is 124 Å². The van der Waals surface area contributed by atoms with Crippen LogP contribution in [-0.4, -0.2) is 58.3 Å². The van der Waals surface area contributed by atoms with Gasteiger partial charge < -0.3 is 20.8 Å². The minimum absolute atomic E-state index is 0. The molecule has 2 saturated heterocycles. The molecule has 4 N–H and O–H groups in total. The molecule has 2 aliphatic rings. The van der Waals surface area contributed by atoms with Crippen LogP contribution in [0.1, 0.15) is 23.2 Å². The fourth-order valence-electron chi connectivity index (χ4n) is 3.69. The Balaban J connectivity index is 0. The summed E-state index contributed by atoms with van der Waals surface area (Å²) in [6.45, 7) is 2.48. The predicted molar refractivity (Wildman–Crippen MR) is 131 cm³/mol. The van der Waals surface area contributed by atoms with Gasteiger partial charge in [0.15, 0.2) is 0 Å². The molecule has 0 amide bonds. The number of hydrogen-bond donors (Lipinski definition) is 4. The molecule has 12 heteroatoms. The maximum Gasteiger partial charge on any atom is 0.308 e. The van der Waals surface area contributed by atoms with Crippen LogP contribution >= 0.6 is 49.6 Å². The van der Waals surface area contributed by atoms with E-state index >= 15 is 0 Å². The molecule has 8 nitrogen and oxygen atoms in total. The molecular weight excluding hydrogens is 502 g/mol. The summed E-state index contributed by atoms with van der Waals surface area (Å²) in [6, 6.07) is 11.2. The number of carboxylic acid groups (broad SMARTS) is 2. The monoisotopic (exact) mass is 528 g/mol. The van der Waals surface area contributed by atoms with Gasteiger partial charge in [-0.1, -0.05) is 12.1 Å². The molecule has 4 atom stereocenters. The van der Waals surface area contributed by atoms with Crippen molar-refractivity contribution < 1.29 is 19.8 Å². The molecule has 0 unspecified atom stereocenters. The van der Waals surface area contributed by atoms with Crippen LogP contribution in [0.15, 0.2) is 48.8 Å². The standard InChI is InChI=1S/2C10H12N2O2.4ClH/c2*13-10(14)8-6-11-5-7(8)9-3-1-2-4-12-9;;;;/h2*1-4,7-8,11H,5-6H2,(H,13,14);4*1H/t2*7-,8-;;;;/m10..../s1. The van der Waals surface area contributed by atoms with Crippen LogP contribution in [0.5, 0.6) is 0 Å². The van der Waals surface area contributed by atoms with Gasteiger partial charge in [-0.25, -0.2) is 0 Å². The number of nitrogens with one attached hydrogen (secondary N) is 2. The van der Waals surface area contributed by atoms with Gasteiger partial charge in [0.25, 0.3) is 0 Å². The minimum Gasteiger partial charge on any atom is -0.481 e. The third-order valence-electron chi connectivity index (χ3n) is 5.20. The summed E-state index contributed by atoms with van der Waals surface area (Å²) < 4.78 is 0. The van der Waals surface area contributed by atoms with Crippen LogP contribution in [-0.2, 0) is 9.59 Å². The highest BCUT2D eigenvalue weighted by atomic mass is 35.5. The lowest BCUT2D eigenvalue weighted by Gasteiger charge is -2.13. The summed E-state index contributed by atoms with van der Waals surface area (Å²) in [5, 5.41) is 24.1. The largest absolute Gasteiger partial charge is 0.481 e. The number of nitrogens with zero attached hydrogens (tertiary/aromatic N) is 2. The maximum absolute atomic E-state index is 10.9. The van der Waals surface area contributed by atoms with E-state index < -0.39 is 11.9 Å². The lowest BCUT2D eigenvalue weighted by Crippen LogP contribution is -2.21. The van der Waals surface area contributed by atoms with Crippen molar-refractivity contribution >= 4 is 61.6 Å². The molecule has 32 heavy (non-hydrogen) atoms. The van der Waals surface area contributed by atoms with Gasteiger partial charge in [-0.05, 0) is 24.3 Å². The van der Waals surface area contributed by atoms with Gasteiger partial charge in [0.2, 0.25) is 0 Å². The summed E-state index contributed by atoms with van der Waals surface area (Å²) in [6.07, 6.45) is 3.40. The van der Waals surface area contributed by atoms with Gasteiger partial charge in [-0.15, -0.1) is 49.6 Å². The Morgan fingerprint density at radius 1 is 0.688 bits per heavy atom. The third-order valence-corrected chi connectivity index (χ3v) is 5.20. The van der Waals surface area contributed by atoms with Crippen LogP contribution in [0.2, 0.25) is 0 Å². The van der Waals surface area contributed by atoms with Crippen molar-refractivity contribution in [3.63, 3.8) is 0 Å². The van der Waals surface area contributed by atoms with Crippen molar-refractivity contribution in [2.24, 2.45) is 11.8 Å². The molecule has 0 aliphatic carbocycles. The van der Waals surface area contributed by atoms with Crippen LogP contribution in [0, 0.1) is 11.8 Å². The van der Waals surface area contributed by atoms with Crippen molar-refractivity contribution in [3.05, 3.63) is 60.2 Å². The second kappa shape index (κ2) is 16.0. The number of hydrogen-bond acceptors (Lipinski definition) is 6. The number of halogens is 4. The zero-order valence-electron chi connectivity index (χ0n) is 17.0. The minimum atomic E-state index is -0.745. The molecular formula is C20H28Cl4N4O4. The Morgan fingerprint density at radius 2 is 1.06 bits per heavy atom. The lowest BCUT2D eigenvalue weighted by atomic mass is 9.93. The molecule has 2 aliphatic heterocycles. The summed E-state index contributed by atoms with van der Waals surface area (Å²) in [7, 11) is 0. The fourth-order valence-corrected chi connectivity index (χ4v) is 3.69. The van der Waals surface area contributed by atoms with Crippen molar-refractivity contribution in [2.75, 3.05) is 26.2 Å². The average molecular weight is 530 g/mol. The van der Waals surface area contributed by atoms with Crippen molar-refractivity contribution in [1.29, 1.82) is 0 Å². The molecule has 0 bridgehead atoms. The predicted octanol–water partition coefficient (Wildman–Crippen LogP) is 2.63. The number of carbonyl (C=O) groups is 2. The Labute approximate surface area is 211 Å². The van der Waals surface area contributed by atoms with E-state index in [1.165, 1.54) is 0 Å². The molecule has 2 fully saturated rings. The highest BCUT2D eigenvalue weighted by Gasteiger charge is 2.35. The number of carboxylic acids is 2. The van der Waals surface area contributed by atoms with Crippen LogP contribution in [0.3, 0.4) is 0 Å². The van der Waals surface area contributed by atoms with Crippen molar-refractivity contribution in [1.82, 2.24) is 20.6 Å². The summed E-state index contributed by atoms with van der Waals surface area (Å²) >= 11 is 0. The smallest absolute Gasteiger partial charge is 0.308 e. The quantitative estimate of drug-likeness (QED) is 0.476. The van der Waals surface area contributed by atoms with Gasteiger partial charge in [0, 0.05) is 61.8 Å². The molecule has 4 rings (SSSR count). The molecule has 180 valence electrons. The first-order chi connectivity index (χ1) is 13.6. The van der Waals surface area contributed by atoms with Gasteiger partial charge >= 0.3 is 11.9 Å². The highest BCUT2D eigenvalue weighted by Crippen LogP contribution is 2.27. The molecule has 0 radical (unpaired) electrons. The number of pyridine rings is 2. The number of rotatable bonds is 4. The molecule has 0 aromatic carbocycles. The normalized spacial score (nSPS) is 23.0. The molecule has 4 heterocycles. The Bertz CT molecular complexity index is 737. The summed E-state index contributed by atoms with van der Waals surface area (Å²) in [4.78, 5) is 30.2. The van der Waals surface area contributed by atoms with Gasteiger partial charge in [0.1, 0.15) is 0 Å². The van der Waals surface area contributed by atoms with Crippen molar-refractivity contribution in [2.45, 2.75) is 11.8 Å². The van der Waals surface area contributed by atoms with E-state index in [0.717, 1.165) is 11.4 Å². The molecule has 0 saturated carbocycles. The zero-order chi connectivity index (χ0) is 19.9. The first-order valence-electron chi connectivity index (χ1n) is 9.26. The van der Waals surface area contributed by atoms with Crippen molar-refractivity contribution in [3.8, 4) is 0 Å². The van der Waals surface area contributed by atoms with E-state index in [1.807, 2.05) is 36.4 Å². The SMILES string of the molecule is Cl.Cl.Cl.Cl.O=C(O)[C@@H]1CNC[C@H]1c1ccccn1.O=C(O)[C@H]1CNC[C@@H]1c1ccccn1. The van der Waals surface area contributed by atoms with Gasteiger partial charge in [0.05, 0.1) is 11.8 Å². The Morgan fingerprint density at radius 3 is 1.34 bits per heavy atom. The van der Waals surface area contributed by atoms with E-state index in [-0.39, 0.29) is 73.3 Å². The molecule has 0 spiro atoms. The van der Waals surface area contributed by atoms with Gasteiger partial charge in [-0.2, -0.15) is 0 Å². The Hall–Kier alpha value is -1.68. The second-order valence-electron chi connectivity index (χ2n) is 6.93. The van der Waals surface area contributed by atoms with E-state index in [9.17, 15) is 9.59 Å². The number of aromatic nitrogens is 2. The van der Waals surface area contributed by atoms with Crippen LogP contribution in [0.4, 0.5) is 0 Å². The van der Waals surface area contributed by atoms with E-state index in [1.54, 1.807) is 12.4 Å². The average Bonchev–Trinajstić information content (AvgIpc) is 3.40. The Kier molecular flexibility index (Phi) is 16.3. The fraction of sp³-hybridized carbons (Fsp3) is 0.400. The first kappa shape index (κ1) is 32.5. The van der Waals surface area contributed by atoms with Gasteiger partial charge in [-0.3, -0.25) is 19.6 Å². The molecule has 2 aromatic heterocycles. The second-order valence-corrected chi connectivity index (χ2v) is 6.93. The van der Waals surface area contributed by atoms with Crippen LogP contribution < -0.4 is 10.6 Å². The number of aliphatic carboxylic acids is 2. The van der Waals surface area contributed by atoms with E-state index in [4.69, 9.17) is 10.2 Å². The summed E-state index contributed by atoms with van der Waals surface area (Å²) in [5.41, 5.74) is 1.73.